The lowest BCUT2D eigenvalue weighted by Gasteiger charge is -2.10. The molecule has 0 fully saturated rings. The highest BCUT2D eigenvalue weighted by Gasteiger charge is 2.10. The van der Waals surface area contributed by atoms with Gasteiger partial charge in [-0.1, -0.05) is 60.2 Å². The van der Waals surface area contributed by atoms with Crippen molar-refractivity contribution >= 4 is 10.8 Å². The normalized spacial score (nSPS) is 11.0. The molecular weight excluding hydrogens is 268 g/mol. The lowest BCUT2D eigenvalue weighted by Crippen LogP contribution is -1.96. The van der Waals surface area contributed by atoms with Crippen LogP contribution in [0.5, 0.6) is 0 Å². The highest BCUT2D eigenvalue weighted by molar-refractivity contribution is 5.95. The minimum absolute atomic E-state index is 0.973. The van der Waals surface area contributed by atoms with Gasteiger partial charge in [0.2, 0.25) is 0 Å². The van der Waals surface area contributed by atoms with Crippen LogP contribution in [0, 0.1) is 6.92 Å². The average Bonchev–Trinajstić information content (AvgIpc) is 3.04. The van der Waals surface area contributed by atoms with E-state index in [9.17, 15) is 0 Å². The Bertz CT molecular complexity index is 928. The summed E-state index contributed by atoms with van der Waals surface area (Å²) < 4.78 is 2.14. The molecule has 0 bridgehead atoms. The fourth-order valence-electron chi connectivity index (χ4n) is 2.84. The molecule has 3 aromatic carbocycles. The van der Waals surface area contributed by atoms with Crippen LogP contribution in [0.3, 0.4) is 0 Å². The second kappa shape index (κ2) is 5.15. The lowest BCUT2D eigenvalue weighted by atomic mass is 10.0. The fourth-order valence-corrected chi connectivity index (χ4v) is 2.84. The maximum Gasteiger partial charge on any atom is 0.145 e. The van der Waals surface area contributed by atoms with Crippen molar-refractivity contribution in [2.75, 3.05) is 0 Å². The zero-order valence-corrected chi connectivity index (χ0v) is 12.4. The van der Waals surface area contributed by atoms with Crippen molar-refractivity contribution in [1.82, 2.24) is 9.55 Å². The minimum Gasteiger partial charge on any atom is -0.300 e. The monoisotopic (exact) mass is 284 g/mol. The largest absolute Gasteiger partial charge is 0.300 e. The SMILES string of the molecule is Cc1ccc(-n2ccnc2-c2cccc3ccccc23)cc1. The van der Waals surface area contributed by atoms with Crippen molar-refractivity contribution in [1.29, 1.82) is 0 Å². The Balaban J connectivity index is 1.94. The smallest absolute Gasteiger partial charge is 0.145 e. The third-order valence-corrected chi connectivity index (χ3v) is 3.98. The number of benzene rings is 3. The third-order valence-electron chi connectivity index (χ3n) is 3.98. The van der Waals surface area contributed by atoms with Gasteiger partial charge < -0.3 is 0 Å². The molecule has 0 aliphatic rings. The Hall–Kier alpha value is -2.87. The van der Waals surface area contributed by atoms with Gasteiger partial charge in [-0.15, -0.1) is 0 Å². The van der Waals surface area contributed by atoms with Crippen LogP contribution in [-0.2, 0) is 0 Å². The van der Waals surface area contributed by atoms with Crippen molar-refractivity contribution in [3.8, 4) is 17.1 Å². The first kappa shape index (κ1) is 12.8. The van der Waals surface area contributed by atoms with Crippen molar-refractivity contribution in [2.45, 2.75) is 6.92 Å². The van der Waals surface area contributed by atoms with Gasteiger partial charge in [0.05, 0.1) is 0 Å². The molecule has 0 aliphatic heterocycles. The van der Waals surface area contributed by atoms with Gasteiger partial charge in [-0.3, -0.25) is 4.57 Å². The lowest BCUT2D eigenvalue weighted by molar-refractivity contribution is 1.07. The van der Waals surface area contributed by atoms with E-state index >= 15 is 0 Å². The van der Waals surface area contributed by atoms with Gasteiger partial charge in [-0.25, -0.2) is 4.98 Å². The Morgan fingerprint density at radius 1 is 0.818 bits per heavy atom. The first-order valence-electron chi connectivity index (χ1n) is 7.41. The average molecular weight is 284 g/mol. The van der Waals surface area contributed by atoms with Gasteiger partial charge in [0, 0.05) is 23.6 Å². The Kier molecular flexibility index (Phi) is 3.01. The number of imidazole rings is 1. The van der Waals surface area contributed by atoms with E-state index in [-0.39, 0.29) is 0 Å². The van der Waals surface area contributed by atoms with Crippen molar-refractivity contribution < 1.29 is 0 Å². The van der Waals surface area contributed by atoms with Crippen LogP contribution >= 0.6 is 0 Å². The summed E-state index contributed by atoms with van der Waals surface area (Å²) in [6, 6.07) is 23.3. The zero-order chi connectivity index (χ0) is 14.9. The van der Waals surface area contributed by atoms with Gasteiger partial charge in [-0.2, -0.15) is 0 Å². The van der Waals surface area contributed by atoms with Gasteiger partial charge >= 0.3 is 0 Å². The molecular formula is C20H16N2. The van der Waals surface area contributed by atoms with E-state index in [4.69, 9.17) is 0 Å². The molecule has 0 amide bonds. The summed E-state index contributed by atoms with van der Waals surface area (Å²) in [7, 11) is 0. The molecule has 0 radical (unpaired) electrons. The fraction of sp³-hybridized carbons (Fsp3) is 0.0500. The summed E-state index contributed by atoms with van der Waals surface area (Å²) in [5.41, 5.74) is 3.55. The molecule has 4 aromatic rings. The van der Waals surface area contributed by atoms with Crippen LogP contribution in [0.1, 0.15) is 5.56 Å². The van der Waals surface area contributed by atoms with E-state index < -0.39 is 0 Å². The molecule has 0 atom stereocenters. The van der Waals surface area contributed by atoms with Crippen LogP contribution in [0.15, 0.2) is 79.1 Å². The van der Waals surface area contributed by atoms with Crippen molar-refractivity contribution in [3.63, 3.8) is 0 Å². The summed E-state index contributed by atoms with van der Waals surface area (Å²) in [5, 5.41) is 2.46. The standard InChI is InChI=1S/C20H16N2/c1-15-9-11-17(12-10-15)22-14-13-21-20(22)19-8-4-6-16-5-2-3-7-18(16)19/h2-14H,1H3. The van der Waals surface area contributed by atoms with Crippen LogP contribution in [0.4, 0.5) is 0 Å². The quantitative estimate of drug-likeness (QED) is 0.506. The Morgan fingerprint density at radius 2 is 1.59 bits per heavy atom. The highest BCUT2D eigenvalue weighted by atomic mass is 15.1. The van der Waals surface area contributed by atoms with E-state index in [0.717, 1.165) is 17.1 Å². The molecule has 1 heterocycles. The molecule has 106 valence electrons. The number of hydrogen-bond acceptors (Lipinski definition) is 1. The molecule has 0 N–H and O–H groups in total. The van der Waals surface area contributed by atoms with E-state index in [1.165, 1.54) is 16.3 Å². The predicted molar refractivity (Wildman–Crippen MR) is 91.2 cm³/mol. The predicted octanol–water partition coefficient (Wildman–Crippen LogP) is 5.00. The molecule has 2 nitrogen and oxygen atoms in total. The summed E-state index contributed by atoms with van der Waals surface area (Å²) in [6.07, 6.45) is 3.87. The van der Waals surface area contributed by atoms with Crippen LogP contribution in [-0.4, -0.2) is 9.55 Å². The van der Waals surface area contributed by atoms with E-state index in [1.807, 2.05) is 12.4 Å². The van der Waals surface area contributed by atoms with Gasteiger partial charge in [0.25, 0.3) is 0 Å². The summed E-state index contributed by atoms with van der Waals surface area (Å²) >= 11 is 0. The van der Waals surface area contributed by atoms with Crippen molar-refractivity contribution in [2.24, 2.45) is 0 Å². The topological polar surface area (TPSA) is 17.8 Å². The number of rotatable bonds is 2. The Morgan fingerprint density at radius 3 is 2.45 bits per heavy atom. The zero-order valence-electron chi connectivity index (χ0n) is 12.4. The maximum atomic E-state index is 4.60. The molecule has 0 unspecified atom stereocenters. The number of nitrogens with zero attached hydrogens (tertiary/aromatic N) is 2. The van der Waals surface area contributed by atoms with Crippen LogP contribution in [0.25, 0.3) is 27.8 Å². The van der Waals surface area contributed by atoms with Crippen LogP contribution < -0.4 is 0 Å². The highest BCUT2D eigenvalue weighted by Crippen LogP contribution is 2.29. The number of aromatic nitrogens is 2. The number of fused-ring (bicyclic) bond motifs is 1. The molecule has 0 saturated carbocycles. The van der Waals surface area contributed by atoms with Crippen molar-refractivity contribution in [3.05, 3.63) is 84.7 Å². The molecule has 0 spiro atoms. The second-order valence-electron chi connectivity index (χ2n) is 5.48. The summed E-state index contributed by atoms with van der Waals surface area (Å²) in [4.78, 5) is 4.60. The number of aryl methyl sites for hydroxylation is 1. The summed E-state index contributed by atoms with van der Waals surface area (Å²) in [6.45, 7) is 2.10. The molecule has 0 aliphatic carbocycles. The van der Waals surface area contributed by atoms with E-state index in [0.29, 0.717) is 0 Å². The number of hydrogen-bond donors (Lipinski definition) is 0. The Labute approximate surface area is 129 Å². The molecule has 4 rings (SSSR count). The summed E-state index contributed by atoms with van der Waals surface area (Å²) in [5.74, 6) is 0.973. The molecule has 1 aromatic heterocycles. The van der Waals surface area contributed by atoms with Gasteiger partial charge in [0.15, 0.2) is 0 Å². The van der Waals surface area contributed by atoms with E-state index in [1.54, 1.807) is 0 Å². The molecule has 2 heteroatoms. The van der Waals surface area contributed by atoms with Gasteiger partial charge in [0.1, 0.15) is 5.82 Å². The maximum absolute atomic E-state index is 4.60. The van der Waals surface area contributed by atoms with Crippen LogP contribution in [0.2, 0.25) is 0 Å². The second-order valence-corrected chi connectivity index (χ2v) is 5.48. The van der Waals surface area contributed by atoms with E-state index in [2.05, 4.69) is 83.2 Å². The molecule has 22 heavy (non-hydrogen) atoms. The molecule has 0 saturated heterocycles. The third kappa shape index (κ3) is 2.09. The first-order valence-corrected chi connectivity index (χ1v) is 7.41. The minimum atomic E-state index is 0.973. The van der Waals surface area contributed by atoms with Gasteiger partial charge in [-0.05, 0) is 29.8 Å². The first-order chi connectivity index (χ1) is 10.8.